The lowest BCUT2D eigenvalue weighted by molar-refractivity contribution is 0.278. The van der Waals surface area contributed by atoms with Gasteiger partial charge in [-0.05, 0) is 68.1 Å². The first-order chi connectivity index (χ1) is 9.76. The van der Waals surface area contributed by atoms with E-state index in [1.807, 2.05) is 0 Å². The highest BCUT2D eigenvalue weighted by atomic mass is 16.5. The summed E-state index contributed by atoms with van der Waals surface area (Å²) in [5.74, 6) is 2.73. The van der Waals surface area contributed by atoms with Crippen molar-refractivity contribution < 1.29 is 4.74 Å². The molecule has 1 atom stereocenters. The standard InChI is InChI=1S/C18H27NO/c1-13-3-9-16(10-4-13)19-18(14-5-6-14)15-7-11-17(20-2)12-8-15/h7-8,11-14,16,18-19H,3-6,9-10H2,1-2H3. The van der Waals surface area contributed by atoms with Gasteiger partial charge < -0.3 is 10.1 Å². The van der Waals surface area contributed by atoms with Gasteiger partial charge in [-0.25, -0.2) is 0 Å². The molecule has 2 aliphatic rings. The molecule has 20 heavy (non-hydrogen) atoms. The van der Waals surface area contributed by atoms with E-state index in [2.05, 4.69) is 36.5 Å². The predicted octanol–water partition coefficient (Wildman–Crippen LogP) is 4.31. The van der Waals surface area contributed by atoms with Crippen LogP contribution in [0.15, 0.2) is 24.3 Å². The predicted molar refractivity (Wildman–Crippen MR) is 83.0 cm³/mol. The smallest absolute Gasteiger partial charge is 0.118 e. The second-order valence-corrected chi connectivity index (χ2v) is 6.71. The molecule has 2 nitrogen and oxygen atoms in total. The van der Waals surface area contributed by atoms with Gasteiger partial charge in [0.2, 0.25) is 0 Å². The highest BCUT2D eigenvalue weighted by molar-refractivity contribution is 5.30. The summed E-state index contributed by atoms with van der Waals surface area (Å²) in [4.78, 5) is 0. The van der Waals surface area contributed by atoms with E-state index in [1.54, 1.807) is 7.11 Å². The molecule has 2 heteroatoms. The molecule has 0 saturated heterocycles. The van der Waals surface area contributed by atoms with Crippen LogP contribution in [0.5, 0.6) is 5.75 Å². The van der Waals surface area contributed by atoms with Crippen molar-refractivity contribution in [2.75, 3.05) is 7.11 Å². The molecule has 1 N–H and O–H groups in total. The summed E-state index contributed by atoms with van der Waals surface area (Å²) in [6, 6.07) is 9.93. The van der Waals surface area contributed by atoms with Crippen molar-refractivity contribution >= 4 is 0 Å². The molecule has 0 amide bonds. The molecule has 1 aromatic rings. The van der Waals surface area contributed by atoms with Crippen molar-refractivity contribution in [2.45, 2.75) is 57.5 Å². The number of ether oxygens (including phenoxy) is 1. The van der Waals surface area contributed by atoms with Gasteiger partial charge in [0.15, 0.2) is 0 Å². The van der Waals surface area contributed by atoms with Crippen LogP contribution < -0.4 is 10.1 Å². The number of nitrogens with one attached hydrogen (secondary N) is 1. The first-order valence-corrected chi connectivity index (χ1v) is 8.16. The fourth-order valence-electron chi connectivity index (χ4n) is 3.43. The average molecular weight is 273 g/mol. The first kappa shape index (κ1) is 13.9. The van der Waals surface area contributed by atoms with E-state index in [-0.39, 0.29) is 0 Å². The summed E-state index contributed by atoms with van der Waals surface area (Å²) in [6.07, 6.45) is 8.23. The van der Waals surface area contributed by atoms with Gasteiger partial charge in [-0.1, -0.05) is 19.1 Å². The lowest BCUT2D eigenvalue weighted by atomic mass is 9.86. The molecule has 1 aromatic carbocycles. The average Bonchev–Trinajstić information content (AvgIpc) is 3.31. The number of hydrogen-bond acceptors (Lipinski definition) is 2. The monoisotopic (exact) mass is 273 g/mol. The Bertz CT molecular complexity index is 416. The zero-order valence-electron chi connectivity index (χ0n) is 12.8. The quantitative estimate of drug-likeness (QED) is 0.863. The van der Waals surface area contributed by atoms with Gasteiger partial charge in [0.05, 0.1) is 7.11 Å². The fourth-order valence-corrected chi connectivity index (χ4v) is 3.43. The summed E-state index contributed by atoms with van der Waals surface area (Å²) in [7, 11) is 1.73. The molecule has 0 aromatic heterocycles. The Hall–Kier alpha value is -1.02. The van der Waals surface area contributed by atoms with Crippen molar-refractivity contribution in [1.29, 1.82) is 0 Å². The lowest BCUT2D eigenvalue weighted by Crippen LogP contribution is -2.36. The summed E-state index contributed by atoms with van der Waals surface area (Å²) < 4.78 is 5.27. The molecule has 0 aliphatic heterocycles. The van der Waals surface area contributed by atoms with Crippen molar-refractivity contribution in [3.8, 4) is 5.75 Å². The van der Waals surface area contributed by atoms with Crippen LogP contribution in [0.3, 0.4) is 0 Å². The van der Waals surface area contributed by atoms with E-state index < -0.39 is 0 Å². The van der Waals surface area contributed by atoms with Gasteiger partial charge in [-0.15, -0.1) is 0 Å². The van der Waals surface area contributed by atoms with Crippen LogP contribution in [-0.2, 0) is 0 Å². The number of benzene rings is 1. The van der Waals surface area contributed by atoms with Crippen molar-refractivity contribution in [1.82, 2.24) is 5.32 Å². The summed E-state index contributed by atoms with van der Waals surface area (Å²) in [6.45, 7) is 2.39. The van der Waals surface area contributed by atoms with Crippen molar-refractivity contribution in [2.24, 2.45) is 11.8 Å². The molecular formula is C18H27NO. The second-order valence-electron chi connectivity index (χ2n) is 6.71. The van der Waals surface area contributed by atoms with Gasteiger partial charge >= 0.3 is 0 Å². The largest absolute Gasteiger partial charge is 0.497 e. The van der Waals surface area contributed by atoms with Crippen LogP contribution in [0.4, 0.5) is 0 Å². The Morgan fingerprint density at radius 2 is 1.65 bits per heavy atom. The maximum atomic E-state index is 5.27. The minimum Gasteiger partial charge on any atom is -0.497 e. The van der Waals surface area contributed by atoms with Gasteiger partial charge in [0, 0.05) is 12.1 Å². The number of methoxy groups -OCH3 is 1. The third kappa shape index (κ3) is 3.35. The Balaban J connectivity index is 1.65. The topological polar surface area (TPSA) is 21.3 Å². The Labute approximate surface area is 122 Å². The second kappa shape index (κ2) is 6.17. The maximum absolute atomic E-state index is 5.27. The van der Waals surface area contributed by atoms with Crippen LogP contribution in [0.2, 0.25) is 0 Å². The molecule has 1 unspecified atom stereocenters. The van der Waals surface area contributed by atoms with E-state index in [4.69, 9.17) is 4.74 Å². The first-order valence-electron chi connectivity index (χ1n) is 8.16. The third-order valence-corrected chi connectivity index (χ3v) is 5.00. The van der Waals surface area contributed by atoms with Gasteiger partial charge in [0.1, 0.15) is 5.75 Å². The molecule has 110 valence electrons. The maximum Gasteiger partial charge on any atom is 0.118 e. The molecule has 0 radical (unpaired) electrons. The molecule has 0 heterocycles. The van der Waals surface area contributed by atoms with Crippen molar-refractivity contribution in [3.63, 3.8) is 0 Å². The highest BCUT2D eigenvalue weighted by Gasteiger charge is 2.34. The Morgan fingerprint density at radius 1 is 1.00 bits per heavy atom. The minimum absolute atomic E-state index is 0.555. The molecule has 0 bridgehead atoms. The number of rotatable bonds is 5. The molecule has 0 spiro atoms. The zero-order valence-corrected chi connectivity index (χ0v) is 12.8. The van der Waals surface area contributed by atoms with E-state index >= 15 is 0 Å². The van der Waals surface area contributed by atoms with E-state index in [0.29, 0.717) is 6.04 Å². The zero-order chi connectivity index (χ0) is 13.9. The van der Waals surface area contributed by atoms with Crippen LogP contribution in [0.1, 0.15) is 57.1 Å². The molecule has 2 saturated carbocycles. The number of hydrogen-bond donors (Lipinski definition) is 1. The molecule has 2 aliphatic carbocycles. The van der Waals surface area contributed by atoms with E-state index in [0.717, 1.165) is 23.6 Å². The lowest BCUT2D eigenvalue weighted by Gasteiger charge is -2.31. The molecule has 2 fully saturated rings. The van der Waals surface area contributed by atoms with Crippen LogP contribution in [0, 0.1) is 11.8 Å². The fraction of sp³-hybridized carbons (Fsp3) is 0.667. The summed E-state index contributed by atoms with van der Waals surface area (Å²) >= 11 is 0. The SMILES string of the molecule is COc1ccc(C(NC2CCC(C)CC2)C2CC2)cc1. The minimum atomic E-state index is 0.555. The molecular weight excluding hydrogens is 246 g/mol. The van der Waals surface area contributed by atoms with E-state index in [1.165, 1.54) is 44.1 Å². The normalized spacial score (nSPS) is 28.1. The summed E-state index contributed by atoms with van der Waals surface area (Å²) in [5.41, 5.74) is 1.44. The van der Waals surface area contributed by atoms with Gasteiger partial charge in [-0.2, -0.15) is 0 Å². The van der Waals surface area contributed by atoms with Crippen molar-refractivity contribution in [3.05, 3.63) is 29.8 Å². The Morgan fingerprint density at radius 3 is 2.20 bits per heavy atom. The Kier molecular flexibility index (Phi) is 4.30. The van der Waals surface area contributed by atoms with Crippen LogP contribution in [-0.4, -0.2) is 13.2 Å². The van der Waals surface area contributed by atoms with Gasteiger partial charge in [-0.3, -0.25) is 0 Å². The third-order valence-electron chi connectivity index (χ3n) is 5.00. The highest BCUT2D eigenvalue weighted by Crippen LogP contribution is 2.42. The van der Waals surface area contributed by atoms with E-state index in [9.17, 15) is 0 Å². The van der Waals surface area contributed by atoms with Crippen LogP contribution in [0.25, 0.3) is 0 Å². The molecule has 3 rings (SSSR count). The summed E-state index contributed by atoms with van der Waals surface area (Å²) in [5, 5.41) is 3.95. The van der Waals surface area contributed by atoms with Gasteiger partial charge in [0.25, 0.3) is 0 Å². The van der Waals surface area contributed by atoms with Crippen LogP contribution >= 0.6 is 0 Å².